The second-order valence-electron chi connectivity index (χ2n) is 4.77. The van der Waals surface area contributed by atoms with Gasteiger partial charge in [0.05, 0.1) is 0 Å². The van der Waals surface area contributed by atoms with Crippen molar-refractivity contribution in [2.24, 2.45) is 5.73 Å². The first-order chi connectivity index (χ1) is 9.47. The van der Waals surface area contributed by atoms with E-state index in [0.29, 0.717) is 12.2 Å². The number of nitrogens with one attached hydrogen (secondary N) is 1. The van der Waals surface area contributed by atoms with Gasteiger partial charge >= 0.3 is 0 Å². The molecule has 0 unspecified atom stereocenters. The van der Waals surface area contributed by atoms with Gasteiger partial charge in [-0.25, -0.2) is 4.39 Å². The zero-order valence-electron chi connectivity index (χ0n) is 11.5. The van der Waals surface area contributed by atoms with Crippen molar-refractivity contribution in [2.45, 2.75) is 20.5 Å². The fourth-order valence-corrected chi connectivity index (χ4v) is 2.07. The summed E-state index contributed by atoms with van der Waals surface area (Å²) in [6.07, 6.45) is 0. The molecule has 4 heteroatoms. The highest BCUT2D eigenvalue weighted by Gasteiger charge is 2.08. The Morgan fingerprint density at radius 3 is 2.20 bits per heavy atom. The molecule has 0 aliphatic rings. The maximum absolute atomic E-state index is 12.8. The Balaban J connectivity index is 2.17. The van der Waals surface area contributed by atoms with Crippen LogP contribution in [0.15, 0.2) is 36.4 Å². The minimum Gasteiger partial charge on any atom is -0.488 e. The predicted octanol–water partition coefficient (Wildman–Crippen LogP) is 3.31. The lowest BCUT2D eigenvalue weighted by Gasteiger charge is -2.14. The minimum absolute atomic E-state index is 0.0429. The van der Waals surface area contributed by atoms with E-state index in [1.54, 1.807) is 12.1 Å². The fraction of sp³-hybridized carbons (Fsp3) is 0.188. The third-order valence-corrected chi connectivity index (χ3v) is 3.07. The van der Waals surface area contributed by atoms with Crippen LogP contribution < -0.4 is 10.5 Å². The summed E-state index contributed by atoms with van der Waals surface area (Å²) in [6, 6.07) is 9.88. The Bertz CT molecular complexity index is 612. The van der Waals surface area contributed by atoms with Gasteiger partial charge in [-0.2, -0.15) is 0 Å². The maximum Gasteiger partial charge on any atom is 0.125 e. The SMILES string of the molecule is Cc1cc(C(=N)N)cc(C)c1OCc1ccc(F)cc1. The van der Waals surface area contributed by atoms with E-state index in [0.717, 1.165) is 22.4 Å². The van der Waals surface area contributed by atoms with Crippen molar-refractivity contribution in [1.82, 2.24) is 0 Å². The van der Waals surface area contributed by atoms with Gasteiger partial charge in [-0.15, -0.1) is 0 Å². The summed E-state index contributed by atoms with van der Waals surface area (Å²) in [6.45, 7) is 4.21. The third kappa shape index (κ3) is 3.15. The second-order valence-corrected chi connectivity index (χ2v) is 4.77. The van der Waals surface area contributed by atoms with Crippen LogP contribution in [-0.4, -0.2) is 5.84 Å². The van der Waals surface area contributed by atoms with E-state index in [4.69, 9.17) is 15.9 Å². The number of benzene rings is 2. The summed E-state index contributed by atoms with van der Waals surface area (Å²) in [4.78, 5) is 0. The van der Waals surface area contributed by atoms with E-state index < -0.39 is 0 Å². The molecule has 3 N–H and O–H groups in total. The monoisotopic (exact) mass is 272 g/mol. The third-order valence-electron chi connectivity index (χ3n) is 3.07. The van der Waals surface area contributed by atoms with Crippen LogP contribution in [0.2, 0.25) is 0 Å². The van der Waals surface area contributed by atoms with Crippen LogP contribution in [0.3, 0.4) is 0 Å². The van der Waals surface area contributed by atoms with Gasteiger partial charge < -0.3 is 10.5 Å². The number of hydrogen-bond donors (Lipinski definition) is 2. The second kappa shape index (κ2) is 5.74. The molecule has 0 aliphatic heterocycles. The van der Waals surface area contributed by atoms with Crippen molar-refractivity contribution in [3.8, 4) is 5.75 Å². The van der Waals surface area contributed by atoms with Crippen LogP contribution in [0.5, 0.6) is 5.75 Å². The Hall–Kier alpha value is -2.36. The summed E-state index contributed by atoms with van der Waals surface area (Å²) in [5, 5.41) is 7.46. The maximum atomic E-state index is 12.8. The van der Waals surface area contributed by atoms with Crippen LogP contribution in [0.25, 0.3) is 0 Å². The molecular formula is C16H17FN2O. The highest BCUT2D eigenvalue weighted by molar-refractivity contribution is 5.95. The Morgan fingerprint density at radius 2 is 1.70 bits per heavy atom. The molecule has 0 amide bonds. The summed E-state index contributed by atoms with van der Waals surface area (Å²) < 4.78 is 18.6. The fourth-order valence-electron chi connectivity index (χ4n) is 2.07. The van der Waals surface area contributed by atoms with E-state index in [1.165, 1.54) is 12.1 Å². The van der Waals surface area contributed by atoms with E-state index >= 15 is 0 Å². The van der Waals surface area contributed by atoms with Crippen molar-refractivity contribution < 1.29 is 9.13 Å². The normalized spacial score (nSPS) is 10.3. The van der Waals surface area contributed by atoms with Crippen LogP contribution >= 0.6 is 0 Å². The zero-order valence-corrected chi connectivity index (χ0v) is 11.5. The highest BCUT2D eigenvalue weighted by atomic mass is 19.1. The van der Waals surface area contributed by atoms with Crippen molar-refractivity contribution >= 4 is 5.84 Å². The number of nitrogen functional groups attached to an aromatic ring is 1. The average molecular weight is 272 g/mol. The first-order valence-electron chi connectivity index (χ1n) is 6.30. The first-order valence-corrected chi connectivity index (χ1v) is 6.30. The van der Waals surface area contributed by atoms with E-state index in [1.807, 2.05) is 26.0 Å². The molecular weight excluding hydrogens is 255 g/mol. The molecule has 0 radical (unpaired) electrons. The molecule has 104 valence electrons. The summed E-state index contributed by atoms with van der Waals surface area (Å²) in [5.74, 6) is 0.563. The number of amidine groups is 1. The summed E-state index contributed by atoms with van der Waals surface area (Å²) in [5.41, 5.74) is 8.94. The molecule has 0 atom stereocenters. The van der Waals surface area contributed by atoms with Crippen LogP contribution in [-0.2, 0) is 6.61 Å². The Morgan fingerprint density at radius 1 is 1.15 bits per heavy atom. The Labute approximate surface area is 117 Å². The molecule has 2 aromatic carbocycles. The molecule has 3 nitrogen and oxygen atoms in total. The number of nitrogens with two attached hydrogens (primary N) is 1. The van der Waals surface area contributed by atoms with E-state index in [2.05, 4.69) is 0 Å². The summed E-state index contributed by atoms with van der Waals surface area (Å²) in [7, 11) is 0. The van der Waals surface area contributed by atoms with Gasteiger partial charge in [-0.05, 0) is 54.8 Å². The first kappa shape index (κ1) is 14.1. The molecule has 0 saturated carbocycles. The molecule has 0 aromatic heterocycles. The van der Waals surface area contributed by atoms with Crippen molar-refractivity contribution in [3.63, 3.8) is 0 Å². The Kier molecular flexibility index (Phi) is 4.03. The van der Waals surface area contributed by atoms with E-state index in [-0.39, 0.29) is 11.7 Å². The lowest BCUT2D eigenvalue weighted by molar-refractivity contribution is 0.302. The number of rotatable bonds is 4. The average Bonchev–Trinajstić information content (AvgIpc) is 2.39. The predicted molar refractivity (Wildman–Crippen MR) is 77.7 cm³/mol. The molecule has 0 bridgehead atoms. The quantitative estimate of drug-likeness (QED) is 0.662. The number of hydrogen-bond acceptors (Lipinski definition) is 2. The molecule has 2 rings (SSSR count). The standard InChI is InChI=1S/C16H17FN2O/c1-10-7-13(16(18)19)8-11(2)15(10)20-9-12-3-5-14(17)6-4-12/h3-8H,9H2,1-2H3,(H3,18,19). The molecule has 2 aromatic rings. The number of ether oxygens (including phenoxy) is 1. The molecule has 0 heterocycles. The van der Waals surface area contributed by atoms with Crippen LogP contribution in [0.4, 0.5) is 4.39 Å². The van der Waals surface area contributed by atoms with Crippen molar-refractivity contribution in [2.75, 3.05) is 0 Å². The lowest BCUT2D eigenvalue weighted by Crippen LogP contribution is -2.12. The van der Waals surface area contributed by atoms with Gasteiger partial charge in [-0.3, -0.25) is 5.41 Å². The van der Waals surface area contributed by atoms with E-state index in [9.17, 15) is 4.39 Å². The van der Waals surface area contributed by atoms with Gasteiger partial charge in [0.25, 0.3) is 0 Å². The highest BCUT2D eigenvalue weighted by Crippen LogP contribution is 2.25. The molecule has 0 fully saturated rings. The zero-order chi connectivity index (χ0) is 14.7. The molecule has 0 aliphatic carbocycles. The van der Waals surface area contributed by atoms with Gasteiger partial charge in [-0.1, -0.05) is 12.1 Å². The molecule has 20 heavy (non-hydrogen) atoms. The molecule has 0 spiro atoms. The van der Waals surface area contributed by atoms with Crippen molar-refractivity contribution in [3.05, 3.63) is 64.5 Å². The lowest BCUT2D eigenvalue weighted by atomic mass is 10.1. The van der Waals surface area contributed by atoms with Gasteiger partial charge in [0.15, 0.2) is 0 Å². The minimum atomic E-state index is -0.257. The summed E-state index contributed by atoms with van der Waals surface area (Å²) >= 11 is 0. The van der Waals surface area contributed by atoms with Crippen LogP contribution in [0.1, 0.15) is 22.3 Å². The van der Waals surface area contributed by atoms with Crippen molar-refractivity contribution in [1.29, 1.82) is 5.41 Å². The van der Waals surface area contributed by atoms with Gasteiger partial charge in [0.1, 0.15) is 24.0 Å². The largest absolute Gasteiger partial charge is 0.488 e. The number of aryl methyl sites for hydroxylation is 2. The smallest absolute Gasteiger partial charge is 0.125 e. The topological polar surface area (TPSA) is 59.1 Å². The van der Waals surface area contributed by atoms with Gasteiger partial charge in [0.2, 0.25) is 0 Å². The molecule has 0 saturated heterocycles. The van der Waals surface area contributed by atoms with Crippen LogP contribution in [0, 0.1) is 25.1 Å². The van der Waals surface area contributed by atoms with Gasteiger partial charge in [0, 0.05) is 5.56 Å². The number of halogens is 1.